The normalized spacial score (nSPS) is 10.6. The molecule has 0 saturated heterocycles. The molecule has 2 rings (SSSR count). The van der Waals surface area contributed by atoms with Crippen LogP contribution in [0, 0.1) is 5.82 Å². The van der Waals surface area contributed by atoms with Crippen LogP contribution >= 0.6 is 11.6 Å². The highest BCUT2D eigenvalue weighted by Crippen LogP contribution is 2.16. The monoisotopic (exact) mass is 293 g/mol. The van der Waals surface area contributed by atoms with Gasteiger partial charge in [0.05, 0.1) is 6.61 Å². The molecule has 0 aliphatic rings. The number of halogens is 2. The van der Waals surface area contributed by atoms with Crippen molar-refractivity contribution in [1.29, 1.82) is 0 Å². The molecule has 0 spiro atoms. The molecule has 0 aliphatic heterocycles. The van der Waals surface area contributed by atoms with E-state index in [1.54, 1.807) is 12.1 Å². The summed E-state index contributed by atoms with van der Waals surface area (Å²) in [4.78, 5) is 0. The molecule has 0 heterocycles. The Morgan fingerprint density at radius 1 is 1.05 bits per heavy atom. The molecular formula is C16H17ClFNO. The number of hydrogen-bond donors (Lipinski definition) is 1. The predicted molar refractivity (Wildman–Crippen MR) is 79.5 cm³/mol. The van der Waals surface area contributed by atoms with E-state index < -0.39 is 0 Å². The molecule has 20 heavy (non-hydrogen) atoms. The fourth-order valence-electron chi connectivity index (χ4n) is 2.01. The Morgan fingerprint density at radius 3 is 2.45 bits per heavy atom. The van der Waals surface area contributed by atoms with Gasteiger partial charge in [-0.2, -0.15) is 0 Å². The largest absolute Gasteiger partial charge is 0.493 e. The van der Waals surface area contributed by atoms with E-state index in [4.69, 9.17) is 22.1 Å². The van der Waals surface area contributed by atoms with Crippen molar-refractivity contribution < 1.29 is 9.13 Å². The second-order valence-corrected chi connectivity index (χ2v) is 4.76. The first-order chi connectivity index (χ1) is 9.72. The minimum atomic E-state index is -0.264. The summed E-state index contributed by atoms with van der Waals surface area (Å²) in [6, 6.07) is 12.1. The summed E-state index contributed by atoms with van der Waals surface area (Å²) in [6.45, 7) is 1.01. The summed E-state index contributed by atoms with van der Waals surface area (Å²) in [6.07, 6.45) is 0.756. The van der Waals surface area contributed by atoms with Gasteiger partial charge in [-0.1, -0.05) is 18.2 Å². The molecule has 2 aromatic rings. The van der Waals surface area contributed by atoms with Gasteiger partial charge in [-0.05, 0) is 41.0 Å². The molecule has 106 valence electrons. The molecule has 0 bridgehead atoms. The molecule has 0 atom stereocenters. The highest BCUT2D eigenvalue weighted by atomic mass is 35.5. The van der Waals surface area contributed by atoms with E-state index in [9.17, 15) is 4.39 Å². The maximum atomic E-state index is 12.8. The second-order valence-electron chi connectivity index (χ2n) is 4.49. The summed E-state index contributed by atoms with van der Waals surface area (Å²) in [5.41, 5.74) is 9.06. The number of nitrogens with two attached hydrogens (primary N) is 1. The zero-order chi connectivity index (χ0) is 14.4. The van der Waals surface area contributed by atoms with E-state index >= 15 is 0 Å². The maximum absolute atomic E-state index is 12.8. The Morgan fingerprint density at radius 2 is 1.80 bits per heavy atom. The summed E-state index contributed by atoms with van der Waals surface area (Å²) < 4.78 is 18.4. The van der Waals surface area contributed by atoms with Crippen LogP contribution in [-0.4, -0.2) is 6.61 Å². The summed E-state index contributed by atoms with van der Waals surface area (Å²) in [7, 11) is 0. The molecule has 0 amide bonds. The molecule has 2 N–H and O–H groups in total. The van der Waals surface area contributed by atoms with E-state index in [-0.39, 0.29) is 5.82 Å². The van der Waals surface area contributed by atoms with Crippen molar-refractivity contribution in [3.63, 3.8) is 0 Å². The summed E-state index contributed by atoms with van der Waals surface area (Å²) >= 11 is 5.81. The first-order valence-corrected chi connectivity index (χ1v) is 7.01. The lowest BCUT2D eigenvalue weighted by Crippen LogP contribution is -2.07. The minimum absolute atomic E-state index is 0.264. The lowest BCUT2D eigenvalue weighted by Gasteiger charge is -2.11. The van der Waals surface area contributed by atoms with Crippen molar-refractivity contribution >= 4 is 11.6 Å². The molecular weight excluding hydrogens is 277 g/mol. The number of ether oxygens (including phenoxy) is 1. The van der Waals surface area contributed by atoms with Gasteiger partial charge in [0.25, 0.3) is 0 Å². The Kier molecular flexibility index (Phi) is 5.39. The van der Waals surface area contributed by atoms with E-state index in [0.717, 1.165) is 23.1 Å². The molecule has 0 aliphatic carbocycles. The first kappa shape index (κ1) is 14.8. The van der Waals surface area contributed by atoms with E-state index in [0.29, 0.717) is 24.8 Å². The quantitative estimate of drug-likeness (QED) is 0.825. The molecule has 0 radical (unpaired) electrons. The van der Waals surface area contributed by atoms with Crippen molar-refractivity contribution in [3.05, 3.63) is 65.0 Å². The Bertz CT molecular complexity index is 557. The van der Waals surface area contributed by atoms with E-state index in [2.05, 4.69) is 0 Å². The number of hydrogen-bond acceptors (Lipinski definition) is 2. The third-order valence-corrected chi connectivity index (χ3v) is 3.41. The molecule has 4 heteroatoms. The Hall–Kier alpha value is -1.58. The van der Waals surface area contributed by atoms with Crippen LogP contribution in [0.5, 0.6) is 5.75 Å². The maximum Gasteiger partial charge on any atom is 0.123 e. The van der Waals surface area contributed by atoms with Crippen LogP contribution in [0.25, 0.3) is 0 Å². The van der Waals surface area contributed by atoms with Crippen molar-refractivity contribution in [2.75, 3.05) is 6.61 Å². The van der Waals surface area contributed by atoms with Gasteiger partial charge >= 0.3 is 0 Å². The average Bonchev–Trinajstić information content (AvgIpc) is 2.49. The molecule has 0 aromatic heterocycles. The van der Waals surface area contributed by atoms with Crippen molar-refractivity contribution in [3.8, 4) is 5.75 Å². The van der Waals surface area contributed by atoms with Gasteiger partial charge in [-0.25, -0.2) is 4.39 Å². The second kappa shape index (κ2) is 7.27. The standard InChI is InChI=1S/C16H17ClFNO/c17-10-12-1-2-13(14(9-12)11-19)7-8-20-16-5-3-15(18)4-6-16/h1-6,9H,7-8,10-11,19H2. The highest BCUT2D eigenvalue weighted by Gasteiger charge is 2.03. The summed E-state index contributed by atoms with van der Waals surface area (Å²) in [5, 5.41) is 0. The number of alkyl halides is 1. The first-order valence-electron chi connectivity index (χ1n) is 6.48. The highest BCUT2D eigenvalue weighted by molar-refractivity contribution is 6.17. The molecule has 0 saturated carbocycles. The van der Waals surface area contributed by atoms with Gasteiger partial charge in [0.2, 0.25) is 0 Å². The van der Waals surface area contributed by atoms with Crippen LogP contribution < -0.4 is 10.5 Å². The van der Waals surface area contributed by atoms with Gasteiger partial charge in [0, 0.05) is 18.8 Å². The van der Waals surface area contributed by atoms with Crippen LogP contribution in [0.2, 0.25) is 0 Å². The van der Waals surface area contributed by atoms with Gasteiger partial charge in [-0.15, -0.1) is 11.6 Å². The molecule has 2 nitrogen and oxygen atoms in total. The third kappa shape index (κ3) is 3.95. The van der Waals surface area contributed by atoms with Crippen molar-refractivity contribution in [2.24, 2.45) is 5.73 Å². The van der Waals surface area contributed by atoms with Gasteiger partial charge in [-0.3, -0.25) is 0 Å². The van der Waals surface area contributed by atoms with Gasteiger partial charge in [0.1, 0.15) is 11.6 Å². The smallest absolute Gasteiger partial charge is 0.123 e. The molecule has 0 fully saturated rings. The summed E-state index contributed by atoms with van der Waals surface area (Å²) in [5.74, 6) is 0.886. The Balaban J connectivity index is 1.95. The molecule has 2 aromatic carbocycles. The lowest BCUT2D eigenvalue weighted by molar-refractivity contribution is 0.321. The van der Waals surface area contributed by atoms with Crippen molar-refractivity contribution in [2.45, 2.75) is 18.8 Å². The van der Waals surface area contributed by atoms with Crippen LogP contribution in [0.15, 0.2) is 42.5 Å². The minimum Gasteiger partial charge on any atom is -0.493 e. The molecule has 0 unspecified atom stereocenters. The lowest BCUT2D eigenvalue weighted by atomic mass is 10.0. The van der Waals surface area contributed by atoms with Crippen LogP contribution in [0.3, 0.4) is 0 Å². The van der Waals surface area contributed by atoms with E-state index in [1.165, 1.54) is 12.1 Å². The fourth-order valence-corrected chi connectivity index (χ4v) is 2.17. The fraction of sp³-hybridized carbons (Fsp3) is 0.250. The number of rotatable bonds is 6. The predicted octanol–water partition coefficient (Wildman–Crippen LogP) is 3.64. The van der Waals surface area contributed by atoms with E-state index in [1.807, 2.05) is 18.2 Å². The Labute approximate surface area is 123 Å². The average molecular weight is 294 g/mol. The number of benzene rings is 2. The van der Waals surface area contributed by atoms with Crippen LogP contribution in [-0.2, 0) is 18.8 Å². The van der Waals surface area contributed by atoms with Gasteiger partial charge in [0.15, 0.2) is 0 Å². The zero-order valence-corrected chi connectivity index (χ0v) is 11.9. The van der Waals surface area contributed by atoms with Crippen LogP contribution in [0.4, 0.5) is 4.39 Å². The van der Waals surface area contributed by atoms with Crippen LogP contribution in [0.1, 0.15) is 16.7 Å². The third-order valence-electron chi connectivity index (χ3n) is 3.10. The van der Waals surface area contributed by atoms with Gasteiger partial charge < -0.3 is 10.5 Å². The SMILES string of the molecule is NCc1cc(CCl)ccc1CCOc1ccc(F)cc1. The zero-order valence-electron chi connectivity index (χ0n) is 11.1. The topological polar surface area (TPSA) is 35.2 Å². The van der Waals surface area contributed by atoms with Crippen molar-refractivity contribution in [1.82, 2.24) is 0 Å².